The largest absolute Gasteiger partial charge is 0.378 e. The van der Waals surface area contributed by atoms with Gasteiger partial charge in [0.05, 0.1) is 25.7 Å². The average Bonchev–Trinajstić information content (AvgIpc) is 3.24. The van der Waals surface area contributed by atoms with Crippen LogP contribution in [-0.2, 0) is 22.6 Å². The highest BCUT2D eigenvalue weighted by molar-refractivity contribution is 5.95. The number of carbonyl (C=O) groups is 2. The number of amides is 2. The number of fused-ring (bicyclic) bond motifs is 1. The molecule has 0 radical (unpaired) electrons. The van der Waals surface area contributed by atoms with Crippen LogP contribution in [0, 0.1) is 0 Å². The van der Waals surface area contributed by atoms with Crippen LogP contribution in [0.2, 0.25) is 0 Å². The summed E-state index contributed by atoms with van der Waals surface area (Å²) in [5.74, 6) is 0.0851. The molecule has 1 heterocycles. The molecule has 0 saturated carbocycles. The van der Waals surface area contributed by atoms with E-state index in [4.69, 9.17) is 0 Å². The van der Waals surface area contributed by atoms with Crippen molar-refractivity contribution in [3.8, 4) is 0 Å². The summed E-state index contributed by atoms with van der Waals surface area (Å²) in [7, 11) is 3.99. The summed E-state index contributed by atoms with van der Waals surface area (Å²) >= 11 is 0. The summed E-state index contributed by atoms with van der Waals surface area (Å²) in [5, 5.41) is 12.0. The fourth-order valence-electron chi connectivity index (χ4n) is 3.69. The van der Waals surface area contributed by atoms with E-state index in [2.05, 4.69) is 15.7 Å². The van der Waals surface area contributed by atoms with E-state index in [1.54, 1.807) is 16.9 Å². The Bertz CT molecular complexity index is 1260. The molecular formula is C26H27N5O2. The molecule has 0 fully saturated rings. The zero-order valence-electron chi connectivity index (χ0n) is 18.8. The Labute approximate surface area is 193 Å². The summed E-state index contributed by atoms with van der Waals surface area (Å²) in [4.78, 5) is 26.9. The van der Waals surface area contributed by atoms with Crippen molar-refractivity contribution in [3.63, 3.8) is 0 Å². The van der Waals surface area contributed by atoms with Gasteiger partial charge in [0.1, 0.15) is 5.82 Å². The lowest BCUT2D eigenvalue weighted by molar-refractivity contribution is -0.123. The standard InChI is InChI=1S/C26H27N5O2/c1-30(2)22-12-10-19(11-13-22)18-31-24(14-15-28-31)29-26(33)17-27-25(32)16-21-8-5-7-20-6-3-4-9-23(20)21/h3-15H,16-18H2,1-2H3,(H,27,32)(H,29,33). The lowest BCUT2D eigenvalue weighted by atomic mass is 10.0. The van der Waals surface area contributed by atoms with E-state index in [0.717, 1.165) is 27.6 Å². The molecule has 2 N–H and O–H groups in total. The summed E-state index contributed by atoms with van der Waals surface area (Å²) in [6.07, 6.45) is 1.86. The van der Waals surface area contributed by atoms with Crippen molar-refractivity contribution in [1.29, 1.82) is 0 Å². The molecule has 0 spiro atoms. The Morgan fingerprint density at radius 2 is 1.67 bits per heavy atom. The van der Waals surface area contributed by atoms with Gasteiger partial charge in [-0.25, -0.2) is 4.68 Å². The van der Waals surface area contributed by atoms with Crippen LogP contribution >= 0.6 is 0 Å². The van der Waals surface area contributed by atoms with Crippen molar-refractivity contribution in [2.45, 2.75) is 13.0 Å². The van der Waals surface area contributed by atoms with Gasteiger partial charge in [0.2, 0.25) is 11.8 Å². The normalized spacial score (nSPS) is 10.7. The van der Waals surface area contributed by atoms with Crippen molar-refractivity contribution in [1.82, 2.24) is 15.1 Å². The van der Waals surface area contributed by atoms with Gasteiger partial charge in [-0.3, -0.25) is 9.59 Å². The third-order valence-electron chi connectivity index (χ3n) is 5.45. The fraction of sp³-hybridized carbons (Fsp3) is 0.192. The summed E-state index contributed by atoms with van der Waals surface area (Å²) < 4.78 is 1.72. The average molecular weight is 442 g/mol. The molecule has 0 atom stereocenters. The molecule has 1 aromatic heterocycles. The number of rotatable bonds is 8. The minimum atomic E-state index is -0.300. The first-order valence-corrected chi connectivity index (χ1v) is 10.8. The Morgan fingerprint density at radius 3 is 2.45 bits per heavy atom. The molecule has 7 nitrogen and oxygen atoms in total. The maximum atomic E-state index is 12.4. The summed E-state index contributed by atoms with van der Waals surface area (Å²) in [6.45, 7) is 0.427. The molecule has 4 rings (SSSR count). The number of benzene rings is 3. The first-order chi connectivity index (χ1) is 16.0. The SMILES string of the molecule is CN(C)c1ccc(Cn2nccc2NC(=O)CNC(=O)Cc2cccc3ccccc23)cc1. The fourth-order valence-corrected chi connectivity index (χ4v) is 3.69. The number of anilines is 2. The van der Waals surface area contributed by atoms with Gasteiger partial charge in [0.25, 0.3) is 0 Å². The van der Waals surface area contributed by atoms with Gasteiger partial charge in [-0.1, -0.05) is 54.6 Å². The molecule has 7 heteroatoms. The Hall–Kier alpha value is -4.13. The minimum Gasteiger partial charge on any atom is -0.378 e. The Balaban J connectivity index is 1.31. The van der Waals surface area contributed by atoms with Crippen LogP contribution in [0.15, 0.2) is 79.0 Å². The van der Waals surface area contributed by atoms with Crippen LogP contribution in [0.3, 0.4) is 0 Å². The van der Waals surface area contributed by atoms with E-state index in [1.807, 2.05) is 85.7 Å². The molecule has 4 aromatic rings. The number of carbonyl (C=O) groups excluding carboxylic acids is 2. The predicted molar refractivity (Wildman–Crippen MR) is 131 cm³/mol. The summed E-state index contributed by atoms with van der Waals surface area (Å²) in [5.41, 5.74) is 3.12. The molecule has 168 valence electrons. The van der Waals surface area contributed by atoms with Crippen molar-refractivity contribution < 1.29 is 9.59 Å². The second-order valence-electron chi connectivity index (χ2n) is 8.07. The third-order valence-corrected chi connectivity index (χ3v) is 5.45. The van der Waals surface area contributed by atoms with Crippen LogP contribution < -0.4 is 15.5 Å². The minimum absolute atomic E-state index is 0.105. The molecule has 0 saturated heterocycles. The maximum Gasteiger partial charge on any atom is 0.244 e. The second-order valence-corrected chi connectivity index (χ2v) is 8.07. The molecule has 0 aliphatic heterocycles. The van der Waals surface area contributed by atoms with Crippen LogP contribution in [-0.4, -0.2) is 42.2 Å². The van der Waals surface area contributed by atoms with Gasteiger partial charge in [0.15, 0.2) is 0 Å². The van der Waals surface area contributed by atoms with Gasteiger partial charge in [-0.05, 0) is 34.0 Å². The van der Waals surface area contributed by atoms with Gasteiger partial charge < -0.3 is 15.5 Å². The number of nitrogens with zero attached hydrogens (tertiary/aromatic N) is 3. The Kier molecular flexibility index (Phi) is 6.69. The monoisotopic (exact) mass is 441 g/mol. The molecule has 0 aliphatic rings. The topological polar surface area (TPSA) is 79.3 Å². The number of hydrogen-bond donors (Lipinski definition) is 2. The lowest BCUT2D eigenvalue weighted by Crippen LogP contribution is -2.34. The van der Waals surface area contributed by atoms with Crippen molar-refractivity contribution in [2.75, 3.05) is 30.9 Å². The van der Waals surface area contributed by atoms with Crippen molar-refractivity contribution >= 4 is 34.1 Å². The molecule has 33 heavy (non-hydrogen) atoms. The lowest BCUT2D eigenvalue weighted by Gasteiger charge is -2.13. The van der Waals surface area contributed by atoms with Crippen molar-refractivity contribution in [2.24, 2.45) is 0 Å². The van der Waals surface area contributed by atoms with E-state index in [1.165, 1.54) is 0 Å². The van der Waals surface area contributed by atoms with Crippen LogP contribution in [0.4, 0.5) is 11.5 Å². The van der Waals surface area contributed by atoms with Gasteiger partial charge in [0, 0.05) is 25.8 Å². The third kappa shape index (κ3) is 5.57. The zero-order chi connectivity index (χ0) is 23.2. The van der Waals surface area contributed by atoms with E-state index in [9.17, 15) is 9.59 Å². The summed E-state index contributed by atoms with van der Waals surface area (Å²) in [6, 6.07) is 23.7. The van der Waals surface area contributed by atoms with Crippen LogP contribution in [0.5, 0.6) is 0 Å². The zero-order valence-corrected chi connectivity index (χ0v) is 18.8. The van der Waals surface area contributed by atoms with E-state index in [-0.39, 0.29) is 24.8 Å². The number of nitrogens with one attached hydrogen (secondary N) is 2. The first kappa shape index (κ1) is 22.1. The quantitative estimate of drug-likeness (QED) is 0.439. The van der Waals surface area contributed by atoms with E-state index in [0.29, 0.717) is 12.4 Å². The second kappa shape index (κ2) is 9.99. The van der Waals surface area contributed by atoms with E-state index < -0.39 is 0 Å². The van der Waals surface area contributed by atoms with Gasteiger partial charge >= 0.3 is 0 Å². The van der Waals surface area contributed by atoms with E-state index >= 15 is 0 Å². The van der Waals surface area contributed by atoms with Gasteiger partial charge in [-0.15, -0.1) is 0 Å². The maximum absolute atomic E-state index is 12.4. The Morgan fingerprint density at radius 1 is 0.909 bits per heavy atom. The highest BCUT2D eigenvalue weighted by atomic mass is 16.2. The first-order valence-electron chi connectivity index (χ1n) is 10.8. The molecule has 0 bridgehead atoms. The smallest absolute Gasteiger partial charge is 0.244 e. The highest BCUT2D eigenvalue weighted by Crippen LogP contribution is 2.19. The molecule has 0 unspecified atom stereocenters. The highest BCUT2D eigenvalue weighted by Gasteiger charge is 2.11. The van der Waals surface area contributed by atoms with Crippen LogP contribution in [0.25, 0.3) is 10.8 Å². The molecule has 2 amide bonds. The van der Waals surface area contributed by atoms with Crippen LogP contribution in [0.1, 0.15) is 11.1 Å². The predicted octanol–water partition coefficient (Wildman–Crippen LogP) is 3.45. The molecule has 0 aliphatic carbocycles. The van der Waals surface area contributed by atoms with Crippen molar-refractivity contribution in [3.05, 3.63) is 90.1 Å². The number of aromatic nitrogens is 2. The number of hydrogen-bond acceptors (Lipinski definition) is 4. The molecular weight excluding hydrogens is 414 g/mol. The van der Waals surface area contributed by atoms with Gasteiger partial charge in [-0.2, -0.15) is 5.10 Å². The molecule has 3 aromatic carbocycles.